The second kappa shape index (κ2) is 9.50. The highest BCUT2D eigenvalue weighted by molar-refractivity contribution is 8.14. The van der Waals surface area contributed by atoms with Crippen LogP contribution in [0.4, 0.5) is 0 Å². The highest BCUT2D eigenvalue weighted by Gasteiger charge is 2.11. The van der Waals surface area contributed by atoms with Crippen molar-refractivity contribution < 1.29 is 17.6 Å². The minimum atomic E-state index is 0. The molecule has 20 heavy (non-hydrogen) atoms. The van der Waals surface area contributed by atoms with Crippen LogP contribution in [0.25, 0.3) is 0 Å². The highest BCUT2D eigenvalue weighted by Crippen LogP contribution is 2.18. The predicted molar refractivity (Wildman–Crippen MR) is 82.5 cm³/mol. The molecule has 1 heterocycles. The number of rotatable bonds is 4. The monoisotopic (exact) mass is 333 g/mol. The first-order valence-electron chi connectivity index (χ1n) is 6.63. The van der Waals surface area contributed by atoms with Crippen LogP contribution in [0.2, 0.25) is 5.02 Å². The molecule has 1 aliphatic heterocycles. The van der Waals surface area contributed by atoms with Gasteiger partial charge < -0.3 is 22.5 Å². The molecule has 3 nitrogen and oxygen atoms in total. The number of benzene rings is 1. The molecule has 0 bridgehead atoms. The summed E-state index contributed by atoms with van der Waals surface area (Å²) < 4.78 is 0. The van der Waals surface area contributed by atoms with Gasteiger partial charge in [-0.05, 0) is 38.1 Å². The fourth-order valence-electron chi connectivity index (χ4n) is 2.25. The van der Waals surface area contributed by atoms with Crippen molar-refractivity contribution in [3.05, 3.63) is 34.9 Å². The average molecular weight is 334 g/mol. The summed E-state index contributed by atoms with van der Waals surface area (Å²) in [6, 6.07) is 7.42. The van der Waals surface area contributed by atoms with Gasteiger partial charge in [-0.2, -0.15) is 0 Å². The van der Waals surface area contributed by atoms with Gasteiger partial charge in [-0.3, -0.25) is 0 Å². The summed E-state index contributed by atoms with van der Waals surface area (Å²) in [7, 11) is 0. The van der Waals surface area contributed by atoms with Gasteiger partial charge in [0.15, 0.2) is 0 Å². The second-order valence-corrected chi connectivity index (χ2v) is 6.19. The molecular weight excluding hydrogens is 315 g/mol. The molecule has 1 N–H and O–H groups in total. The van der Waals surface area contributed by atoms with E-state index in [1.54, 1.807) is 11.8 Å². The smallest absolute Gasteiger partial charge is 0.143 e. The molecule has 112 valence electrons. The molecule has 2 rings (SSSR count). The third kappa shape index (κ3) is 5.52. The number of halogens is 2. The SMILES string of the molecule is O/N=C(/SCCN1CCCCC1)c1cccc(Cl)c1.[Cl-]. The molecule has 0 unspecified atom stereocenters. The van der Waals surface area contributed by atoms with Crippen LogP contribution in [0, 0.1) is 0 Å². The molecule has 1 aromatic rings. The Morgan fingerprint density at radius 3 is 2.70 bits per heavy atom. The maximum absolute atomic E-state index is 9.12. The summed E-state index contributed by atoms with van der Waals surface area (Å²) in [5.74, 6) is 0.936. The number of oxime groups is 1. The van der Waals surface area contributed by atoms with Gasteiger partial charge in [0.1, 0.15) is 5.04 Å². The summed E-state index contributed by atoms with van der Waals surface area (Å²) in [6.45, 7) is 3.44. The fraction of sp³-hybridized carbons (Fsp3) is 0.500. The fourth-order valence-corrected chi connectivity index (χ4v) is 3.33. The second-order valence-electron chi connectivity index (χ2n) is 4.67. The van der Waals surface area contributed by atoms with Crippen molar-refractivity contribution in [1.82, 2.24) is 4.90 Å². The van der Waals surface area contributed by atoms with Crippen LogP contribution in [-0.4, -0.2) is 40.5 Å². The Labute approximate surface area is 135 Å². The van der Waals surface area contributed by atoms with E-state index in [0.717, 1.165) is 17.9 Å². The van der Waals surface area contributed by atoms with Gasteiger partial charge in [-0.15, -0.1) is 11.8 Å². The molecule has 0 spiro atoms. The topological polar surface area (TPSA) is 35.8 Å². The number of hydrogen-bond acceptors (Lipinski definition) is 4. The van der Waals surface area contributed by atoms with E-state index in [0.29, 0.717) is 10.1 Å². The highest BCUT2D eigenvalue weighted by atomic mass is 35.5. The van der Waals surface area contributed by atoms with Crippen molar-refractivity contribution in [1.29, 1.82) is 0 Å². The lowest BCUT2D eigenvalue weighted by atomic mass is 10.1. The normalized spacial score (nSPS) is 16.8. The van der Waals surface area contributed by atoms with E-state index < -0.39 is 0 Å². The standard InChI is InChI=1S/C14H19ClN2OS.ClH/c15-13-6-4-5-12(11-13)14(16-18)19-10-9-17-7-2-1-3-8-17;/h4-6,11,18H,1-3,7-10H2;1H/p-1/b16-14+;. The lowest BCUT2D eigenvalue weighted by molar-refractivity contribution is -0.00000456. The van der Waals surface area contributed by atoms with E-state index in [4.69, 9.17) is 16.8 Å². The van der Waals surface area contributed by atoms with Crippen molar-refractivity contribution in [3.8, 4) is 0 Å². The molecule has 1 aromatic carbocycles. The van der Waals surface area contributed by atoms with E-state index in [2.05, 4.69) is 10.1 Å². The molecule has 6 heteroatoms. The van der Waals surface area contributed by atoms with Gasteiger partial charge in [0.25, 0.3) is 0 Å². The maximum atomic E-state index is 9.12. The van der Waals surface area contributed by atoms with Crippen LogP contribution in [0.5, 0.6) is 0 Å². The van der Waals surface area contributed by atoms with E-state index in [1.807, 2.05) is 24.3 Å². The number of thioether (sulfide) groups is 1. The molecule has 0 aliphatic carbocycles. The Balaban J connectivity index is 0.00000200. The van der Waals surface area contributed by atoms with Crippen LogP contribution in [-0.2, 0) is 0 Å². The molecule has 0 atom stereocenters. The molecule has 1 fully saturated rings. The van der Waals surface area contributed by atoms with Crippen molar-refractivity contribution in [2.45, 2.75) is 19.3 Å². The number of piperidine rings is 1. The molecule has 0 radical (unpaired) electrons. The van der Waals surface area contributed by atoms with Crippen molar-refractivity contribution in [2.75, 3.05) is 25.4 Å². The average Bonchev–Trinajstić information content (AvgIpc) is 2.45. The Kier molecular flexibility index (Phi) is 8.38. The Morgan fingerprint density at radius 1 is 1.30 bits per heavy atom. The molecular formula is C14H19Cl2N2OS-. The van der Waals surface area contributed by atoms with Crippen LogP contribution in [0.3, 0.4) is 0 Å². The summed E-state index contributed by atoms with van der Waals surface area (Å²) >= 11 is 7.52. The van der Waals surface area contributed by atoms with Crippen molar-refractivity contribution >= 4 is 28.4 Å². The van der Waals surface area contributed by atoms with Crippen LogP contribution >= 0.6 is 23.4 Å². The molecule has 0 aromatic heterocycles. The Morgan fingerprint density at radius 2 is 2.05 bits per heavy atom. The third-order valence-electron chi connectivity index (χ3n) is 3.26. The van der Waals surface area contributed by atoms with Crippen LogP contribution < -0.4 is 12.4 Å². The minimum absolute atomic E-state index is 0. The summed E-state index contributed by atoms with van der Waals surface area (Å²) in [5.41, 5.74) is 0.874. The lowest BCUT2D eigenvalue weighted by Crippen LogP contribution is -3.00. The van der Waals surface area contributed by atoms with Crippen molar-refractivity contribution in [3.63, 3.8) is 0 Å². The van der Waals surface area contributed by atoms with E-state index in [1.165, 1.54) is 32.4 Å². The summed E-state index contributed by atoms with van der Waals surface area (Å²) in [6.07, 6.45) is 3.97. The van der Waals surface area contributed by atoms with E-state index in [-0.39, 0.29) is 12.4 Å². The van der Waals surface area contributed by atoms with Gasteiger partial charge >= 0.3 is 0 Å². The van der Waals surface area contributed by atoms with E-state index in [9.17, 15) is 0 Å². The van der Waals surface area contributed by atoms with Gasteiger partial charge in [-0.25, -0.2) is 0 Å². The maximum Gasteiger partial charge on any atom is 0.143 e. The lowest BCUT2D eigenvalue weighted by Gasteiger charge is -2.26. The first-order chi connectivity index (χ1) is 9.29. The zero-order chi connectivity index (χ0) is 13.5. The van der Waals surface area contributed by atoms with Gasteiger partial charge in [-0.1, -0.05) is 35.3 Å². The number of hydrogen-bond donors (Lipinski definition) is 1. The summed E-state index contributed by atoms with van der Waals surface area (Å²) in [5, 5.41) is 13.8. The molecule has 1 saturated heterocycles. The molecule has 0 saturated carbocycles. The first kappa shape index (κ1) is 17.6. The van der Waals surface area contributed by atoms with Gasteiger partial charge in [0.05, 0.1) is 0 Å². The zero-order valence-corrected chi connectivity index (χ0v) is 13.6. The summed E-state index contributed by atoms with van der Waals surface area (Å²) in [4.78, 5) is 2.48. The van der Waals surface area contributed by atoms with Crippen molar-refractivity contribution in [2.24, 2.45) is 5.16 Å². The van der Waals surface area contributed by atoms with Crippen LogP contribution in [0.15, 0.2) is 29.4 Å². The Hall–Kier alpha value is -0.420. The van der Waals surface area contributed by atoms with Gasteiger partial charge in [0.2, 0.25) is 0 Å². The molecule has 0 amide bonds. The number of nitrogens with zero attached hydrogens (tertiary/aromatic N) is 2. The zero-order valence-electron chi connectivity index (χ0n) is 11.3. The van der Waals surface area contributed by atoms with Crippen LogP contribution in [0.1, 0.15) is 24.8 Å². The van der Waals surface area contributed by atoms with E-state index >= 15 is 0 Å². The van der Waals surface area contributed by atoms with Gasteiger partial charge in [0, 0.05) is 22.9 Å². The minimum Gasteiger partial charge on any atom is -1.00 e. The Bertz CT molecular complexity index is 437. The largest absolute Gasteiger partial charge is 1.00 e. The number of likely N-dealkylation sites (tertiary alicyclic amines) is 1. The third-order valence-corrected chi connectivity index (χ3v) is 4.47. The predicted octanol–water partition coefficient (Wildman–Crippen LogP) is 0.699. The molecule has 1 aliphatic rings. The first-order valence-corrected chi connectivity index (χ1v) is 7.99. The quantitative estimate of drug-likeness (QED) is 0.381.